The quantitative estimate of drug-likeness (QED) is 0.332. The molecule has 0 unspecified atom stereocenters. The summed E-state index contributed by atoms with van der Waals surface area (Å²) in [5, 5.41) is 11.6. The van der Waals surface area contributed by atoms with Crippen molar-refractivity contribution in [2.45, 2.75) is 64.7 Å². The molecule has 0 spiro atoms. The van der Waals surface area contributed by atoms with E-state index in [1.807, 2.05) is 24.4 Å². The van der Waals surface area contributed by atoms with E-state index in [4.69, 9.17) is 12.2 Å². The lowest BCUT2D eigenvalue weighted by molar-refractivity contribution is 0.595. The summed E-state index contributed by atoms with van der Waals surface area (Å²) < 4.78 is 2.29. The Kier molecular flexibility index (Phi) is 8.46. The summed E-state index contributed by atoms with van der Waals surface area (Å²) in [5.41, 5.74) is 1.20. The van der Waals surface area contributed by atoms with E-state index in [1.165, 1.54) is 50.5 Å². The van der Waals surface area contributed by atoms with E-state index in [2.05, 4.69) is 34.4 Å². The van der Waals surface area contributed by atoms with Gasteiger partial charge >= 0.3 is 0 Å². The Bertz CT molecular complexity index is 658. The van der Waals surface area contributed by atoms with Gasteiger partial charge in [-0.2, -0.15) is 14.9 Å². The van der Waals surface area contributed by atoms with Crippen LogP contribution >= 0.6 is 12.2 Å². The summed E-state index contributed by atoms with van der Waals surface area (Å²) in [6.45, 7) is 2.25. The van der Waals surface area contributed by atoms with E-state index in [0.717, 1.165) is 18.7 Å². The molecule has 1 aromatic carbocycles. The molecule has 0 radical (unpaired) electrons. The van der Waals surface area contributed by atoms with Gasteiger partial charge in [-0.3, -0.25) is 5.10 Å². The average molecular weight is 345 g/mol. The monoisotopic (exact) mass is 344 g/mol. The van der Waals surface area contributed by atoms with Gasteiger partial charge in [0.1, 0.15) is 0 Å². The number of aromatic amines is 1. The molecule has 0 aliphatic rings. The first-order valence-electron chi connectivity index (χ1n) is 9.04. The number of hydrogen-bond acceptors (Lipinski definition) is 3. The van der Waals surface area contributed by atoms with Crippen LogP contribution < -0.4 is 0 Å². The second-order valence-electron chi connectivity index (χ2n) is 6.13. The van der Waals surface area contributed by atoms with E-state index in [-0.39, 0.29) is 0 Å². The molecule has 0 saturated carbocycles. The fraction of sp³-hybridized carbons (Fsp3) is 0.526. The second kappa shape index (κ2) is 10.9. The standard InChI is InChI=1S/C19H28N4S/c1-2-3-4-5-6-7-8-12-15-20-23-18(21-22-19(23)24)16-17-13-10-9-11-14-17/h9-11,13-15H,2-8,12,16H2,1H3,(H,22,24). The van der Waals surface area contributed by atoms with Crippen molar-refractivity contribution < 1.29 is 0 Å². The van der Waals surface area contributed by atoms with Crippen LogP contribution in [-0.4, -0.2) is 21.1 Å². The lowest BCUT2D eigenvalue weighted by atomic mass is 10.1. The van der Waals surface area contributed by atoms with Crippen molar-refractivity contribution in [2.24, 2.45) is 5.10 Å². The minimum absolute atomic E-state index is 0.553. The molecule has 2 aromatic rings. The summed E-state index contributed by atoms with van der Waals surface area (Å²) in [6, 6.07) is 10.3. The molecule has 0 amide bonds. The number of rotatable bonds is 11. The first kappa shape index (κ1) is 18.6. The highest BCUT2D eigenvalue weighted by Gasteiger charge is 2.05. The van der Waals surface area contributed by atoms with Gasteiger partial charge in [-0.15, -0.1) is 0 Å². The van der Waals surface area contributed by atoms with Gasteiger partial charge in [0.15, 0.2) is 5.82 Å². The number of aromatic nitrogens is 3. The van der Waals surface area contributed by atoms with Crippen molar-refractivity contribution in [1.29, 1.82) is 0 Å². The second-order valence-corrected chi connectivity index (χ2v) is 6.51. The van der Waals surface area contributed by atoms with Gasteiger partial charge in [0.2, 0.25) is 4.77 Å². The number of hydrogen-bond donors (Lipinski definition) is 1. The molecule has 0 atom stereocenters. The van der Waals surface area contributed by atoms with Crippen LogP contribution in [0.15, 0.2) is 35.4 Å². The predicted molar refractivity (Wildman–Crippen MR) is 103 cm³/mol. The average Bonchev–Trinajstić information content (AvgIpc) is 2.94. The van der Waals surface area contributed by atoms with Crippen molar-refractivity contribution in [3.63, 3.8) is 0 Å². The lowest BCUT2D eigenvalue weighted by Gasteiger charge is -2.01. The number of nitrogens with one attached hydrogen (secondary N) is 1. The third-order valence-corrected chi connectivity index (χ3v) is 4.32. The highest BCUT2D eigenvalue weighted by Crippen LogP contribution is 2.09. The summed E-state index contributed by atoms with van der Waals surface area (Å²) in [5.74, 6) is 0.849. The highest BCUT2D eigenvalue weighted by atomic mass is 32.1. The molecule has 1 heterocycles. The van der Waals surface area contributed by atoms with Crippen molar-refractivity contribution >= 4 is 18.4 Å². The number of benzene rings is 1. The van der Waals surface area contributed by atoms with Gasteiger partial charge < -0.3 is 0 Å². The van der Waals surface area contributed by atoms with Crippen LogP contribution in [0.5, 0.6) is 0 Å². The van der Waals surface area contributed by atoms with Crippen LogP contribution in [-0.2, 0) is 6.42 Å². The van der Waals surface area contributed by atoms with Crippen LogP contribution in [0.25, 0.3) is 0 Å². The topological polar surface area (TPSA) is 46.0 Å². The lowest BCUT2D eigenvalue weighted by Crippen LogP contribution is -2.00. The van der Waals surface area contributed by atoms with Crippen LogP contribution in [0.1, 0.15) is 69.7 Å². The zero-order valence-corrected chi connectivity index (χ0v) is 15.4. The molecule has 0 saturated heterocycles. The summed E-state index contributed by atoms with van der Waals surface area (Å²) in [4.78, 5) is 0. The molecule has 0 bridgehead atoms. The first-order chi connectivity index (χ1) is 11.8. The molecule has 1 N–H and O–H groups in total. The third-order valence-electron chi connectivity index (χ3n) is 4.06. The van der Waals surface area contributed by atoms with Crippen molar-refractivity contribution in [2.75, 3.05) is 0 Å². The molecular formula is C19H28N4S. The SMILES string of the molecule is CCCCCCCCCC=Nn1c(Cc2ccccc2)n[nH]c1=S. The van der Waals surface area contributed by atoms with Crippen LogP contribution in [0, 0.1) is 4.77 Å². The number of unbranched alkanes of at least 4 members (excludes halogenated alkanes) is 7. The maximum Gasteiger partial charge on any atom is 0.216 e. The first-order valence-corrected chi connectivity index (χ1v) is 9.45. The Morgan fingerprint density at radius 2 is 1.79 bits per heavy atom. The van der Waals surface area contributed by atoms with Crippen molar-refractivity contribution in [1.82, 2.24) is 14.9 Å². The van der Waals surface area contributed by atoms with Crippen molar-refractivity contribution in [3.05, 3.63) is 46.5 Å². The minimum atomic E-state index is 0.553. The van der Waals surface area contributed by atoms with E-state index < -0.39 is 0 Å². The Balaban J connectivity index is 1.78. The molecule has 2 rings (SSSR count). The van der Waals surface area contributed by atoms with Crippen molar-refractivity contribution in [3.8, 4) is 0 Å². The van der Waals surface area contributed by atoms with Crippen LogP contribution in [0.2, 0.25) is 0 Å². The Labute approximate surface area is 150 Å². The van der Waals surface area contributed by atoms with E-state index in [0.29, 0.717) is 4.77 Å². The molecular weight excluding hydrogens is 316 g/mol. The van der Waals surface area contributed by atoms with Gasteiger partial charge in [0, 0.05) is 12.6 Å². The Morgan fingerprint density at radius 1 is 1.08 bits per heavy atom. The Morgan fingerprint density at radius 3 is 2.54 bits per heavy atom. The van der Waals surface area contributed by atoms with Gasteiger partial charge in [-0.1, -0.05) is 75.8 Å². The number of nitrogens with zero attached hydrogens (tertiary/aromatic N) is 3. The molecule has 0 aliphatic carbocycles. The normalized spacial score (nSPS) is 11.4. The predicted octanol–water partition coefficient (Wildman–Crippen LogP) is 5.51. The molecule has 130 valence electrons. The molecule has 0 aliphatic heterocycles. The fourth-order valence-electron chi connectivity index (χ4n) is 2.67. The maximum absolute atomic E-state index is 5.28. The molecule has 24 heavy (non-hydrogen) atoms. The summed E-state index contributed by atoms with van der Waals surface area (Å²) >= 11 is 5.28. The van der Waals surface area contributed by atoms with Crippen LogP contribution in [0.4, 0.5) is 0 Å². The maximum atomic E-state index is 5.28. The van der Waals surface area contributed by atoms with Gasteiger partial charge in [0.05, 0.1) is 0 Å². The summed E-state index contributed by atoms with van der Waals surface area (Å²) in [7, 11) is 0. The van der Waals surface area contributed by atoms with E-state index in [1.54, 1.807) is 4.68 Å². The zero-order valence-electron chi connectivity index (χ0n) is 14.6. The molecule has 5 heteroatoms. The Hall–Kier alpha value is -1.75. The number of H-pyrrole nitrogens is 1. The summed E-state index contributed by atoms with van der Waals surface area (Å²) in [6.07, 6.45) is 12.9. The third kappa shape index (κ3) is 6.40. The molecule has 0 fully saturated rings. The highest BCUT2D eigenvalue weighted by molar-refractivity contribution is 7.71. The van der Waals surface area contributed by atoms with Gasteiger partial charge in [-0.05, 0) is 30.6 Å². The van der Waals surface area contributed by atoms with Gasteiger partial charge in [-0.25, -0.2) is 0 Å². The molecule has 4 nitrogen and oxygen atoms in total. The van der Waals surface area contributed by atoms with Gasteiger partial charge in [0.25, 0.3) is 0 Å². The fourth-order valence-corrected chi connectivity index (χ4v) is 2.87. The minimum Gasteiger partial charge on any atom is -0.250 e. The zero-order chi connectivity index (χ0) is 17.0. The molecule has 1 aromatic heterocycles. The van der Waals surface area contributed by atoms with E-state index >= 15 is 0 Å². The van der Waals surface area contributed by atoms with Crippen LogP contribution in [0.3, 0.4) is 0 Å². The smallest absolute Gasteiger partial charge is 0.216 e. The van der Waals surface area contributed by atoms with E-state index in [9.17, 15) is 0 Å². The largest absolute Gasteiger partial charge is 0.250 e.